The van der Waals surface area contributed by atoms with Crippen LogP contribution >= 0.6 is 0 Å². The normalized spacial score (nSPS) is 14.6. The summed E-state index contributed by atoms with van der Waals surface area (Å²) >= 11 is 0. The second-order valence-corrected chi connectivity index (χ2v) is 5.65. The lowest BCUT2D eigenvalue weighted by molar-refractivity contribution is 0.210. The monoisotopic (exact) mass is 244 g/mol. The number of nitriles is 1. The fourth-order valence-corrected chi connectivity index (χ4v) is 2.36. The molecular formula is C16H24N2. The molecule has 2 nitrogen and oxygen atoms in total. The Kier molecular flexibility index (Phi) is 4.93. The molecule has 0 heterocycles. The Morgan fingerprint density at radius 2 is 1.72 bits per heavy atom. The quantitative estimate of drug-likeness (QED) is 0.807. The summed E-state index contributed by atoms with van der Waals surface area (Å²) in [7, 11) is 4.10. The summed E-state index contributed by atoms with van der Waals surface area (Å²) in [5.74, 6) is 0.367. The summed E-state index contributed by atoms with van der Waals surface area (Å²) in [6.07, 6.45) is 0. The van der Waals surface area contributed by atoms with E-state index in [1.807, 2.05) is 14.1 Å². The van der Waals surface area contributed by atoms with Crippen molar-refractivity contribution in [1.29, 1.82) is 5.26 Å². The van der Waals surface area contributed by atoms with Gasteiger partial charge in [0.15, 0.2) is 0 Å². The molecule has 2 atom stereocenters. The zero-order valence-electron chi connectivity index (χ0n) is 12.4. The minimum atomic E-state index is 0.0158. The molecule has 1 rings (SSSR count). The van der Waals surface area contributed by atoms with E-state index in [-0.39, 0.29) is 12.0 Å². The second-order valence-electron chi connectivity index (χ2n) is 5.65. The molecule has 1 aromatic rings. The number of aryl methyl sites for hydroxylation is 2. The predicted molar refractivity (Wildman–Crippen MR) is 76.3 cm³/mol. The third-order valence-electron chi connectivity index (χ3n) is 3.64. The maximum absolute atomic E-state index is 9.42. The van der Waals surface area contributed by atoms with Crippen LogP contribution in [0.3, 0.4) is 0 Å². The second kappa shape index (κ2) is 6.02. The first-order valence-corrected chi connectivity index (χ1v) is 6.51. The molecule has 0 fully saturated rings. The molecule has 2 heteroatoms. The Morgan fingerprint density at radius 1 is 1.11 bits per heavy atom. The van der Waals surface area contributed by atoms with E-state index >= 15 is 0 Å². The van der Waals surface area contributed by atoms with Crippen molar-refractivity contribution < 1.29 is 0 Å². The van der Waals surface area contributed by atoms with Crippen LogP contribution in [-0.4, -0.2) is 19.0 Å². The van der Waals surface area contributed by atoms with Crippen molar-refractivity contribution in [1.82, 2.24) is 4.90 Å². The summed E-state index contributed by atoms with van der Waals surface area (Å²) in [5.41, 5.74) is 3.83. The third kappa shape index (κ3) is 3.11. The van der Waals surface area contributed by atoms with Gasteiger partial charge in [-0.2, -0.15) is 5.26 Å². The maximum Gasteiger partial charge on any atom is 0.0683 e. The molecule has 0 bridgehead atoms. The van der Waals surface area contributed by atoms with Crippen LogP contribution in [0.15, 0.2) is 18.2 Å². The summed E-state index contributed by atoms with van der Waals surface area (Å²) < 4.78 is 0. The van der Waals surface area contributed by atoms with E-state index < -0.39 is 0 Å². The lowest BCUT2D eigenvalue weighted by Gasteiger charge is -2.31. The molecule has 0 aromatic heterocycles. The van der Waals surface area contributed by atoms with Crippen molar-refractivity contribution in [3.05, 3.63) is 34.9 Å². The zero-order chi connectivity index (χ0) is 13.9. The van der Waals surface area contributed by atoms with Crippen LogP contribution in [0.1, 0.15) is 36.6 Å². The molecule has 18 heavy (non-hydrogen) atoms. The average molecular weight is 244 g/mol. The van der Waals surface area contributed by atoms with Gasteiger partial charge in [0, 0.05) is 0 Å². The molecule has 0 aliphatic heterocycles. The fourth-order valence-electron chi connectivity index (χ4n) is 2.36. The summed E-state index contributed by atoms with van der Waals surface area (Å²) in [6, 6.07) is 9.15. The Hall–Kier alpha value is -1.33. The van der Waals surface area contributed by atoms with Crippen LogP contribution in [-0.2, 0) is 0 Å². The van der Waals surface area contributed by atoms with E-state index in [0.29, 0.717) is 5.92 Å². The minimum Gasteiger partial charge on any atom is -0.301 e. The highest BCUT2D eigenvalue weighted by Crippen LogP contribution is 2.32. The lowest BCUT2D eigenvalue weighted by atomic mass is 9.84. The molecule has 0 spiro atoms. The molecule has 0 aliphatic carbocycles. The minimum absolute atomic E-state index is 0.0158. The predicted octanol–water partition coefficient (Wildman–Crippen LogP) is 3.70. The first kappa shape index (κ1) is 14.7. The lowest BCUT2D eigenvalue weighted by Crippen LogP contribution is -2.29. The smallest absolute Gasteiger partial charge is 0.0683 e. The van der Waals surface area contributed by atoms with Gasteiger partial charge in [0.25, 0.3) is 0 Å². The van der Waals surface area contributed by atoms with Crippen LogP contribution in [0.4, 0.5) is 0 Å². The molecule has 0 saturated carbocycles. The number of rotatable bonds is 4. The molecule has 98 valence electrons. The van der Waals surface area contributed by atoms with E-state index in [9.17, 15) is 5.26 Å². The van der Waals surface area contributed by atoms with Crippen LogP contribution < -0.4 is 0 Å². The highest BCUT2D eigenvalue weighted by molar-refractivity contribution is 5.32. The van der Waals surface area contributed by atoms with Crippen LogP contribution in [0.2, 0.25) is 0 Å². The number of benzene rings is 1. The van der Waals surface area contributed by atoms with Crippen molar-refractivity contribution in [3.8, 4) is 6.07 Å². The molecule has 0 radical (unpaired) electrons. The SMILES string of the molecule is Cc1ccc(C(C(C#N)C(C)C)N(C)C)cc1C. The van der Waals surface area contributed by atoms with Gasteiger partial charge >= 0.3 is 0 Å². The standard InChI is InChI=1S/C16H24N2/c1-11(2)15(10-17)16(18(5)6)14-8-7-12(3)13(4)9-14/h7-9,11,15-16H,1-6H3. The van der Waals surface area contributed by atoms with Gasteiger partial charge in [-0.25, -0.2) is 0 Å². The van der Waals surface area contributed by atoms with Crippen molar-refractivity contribution in [3.63, 3.8) is 0 Å². The van der Waals surface area contributed by atoms with Crippen molar-refractivity contribution >= 4 is 0 Å². The highest BCUT2D eigenvalue weighted by atomic mass is 15.1. The average Bonchev–Trinajstić information content (AvgIpc) is 2.28. The van der Waals surface area contributed by atoms with Gasteiger partial charge in [0.2, 0.25) is 0 Å². The molecule has 0 amide bonds. The van der Waals surface area contributed by atoms with Gasteiger partial charge in [-0.1, -0.05) is 32.0 Å². The maximum atomic E-state index is 9.42. The summed E-state index contributed by atoms with van der Waals surface area (Å²) in [5, 5.41) is 9.42. The number of hydrogen-bond acceptors (Lipinski definition) is 2. The molecule has 0 N–H and O–H groups in total. The largest absolute Gasteiger partial charge is 0.301 e. The zero-order valence-corrected chi connectivity index (χ0v) is 12.4. The molecule has 1 aromatic carbocycles. The Morgan fingerprint density at radius 3 is 2.11 bits per heavy atom. The van der Waals surface area contributed by atoms with E-state index in [1.54, 1.807) is 0 Å². The van der Waals surface area contributed by atoms with Crippen LogP contribution in [0.25, 0.3) is 0 Å². The number of hydrogen-bond donors (Lipinski definition) is 0. The van der Waals surface area contributed by atoms with E-state index in [2.05, 4.69) is 56.9 Å². The van der Waals surface area contributed by atoms with Crippen molar-refractivity contribution in [2.24, 2.45) is 11.8 Å². The van der Waals surface area contributed by atoms with E-state index in [4.69, 9.17) is 0 Å². The molecule has 2 unspecified atom stereocenters. The van der Waals surface area contributed by atoms with Crippen LogP contribution in [0, 0.1) is 37.0 Å². The van der Waals surface area contributed by atoms with E-state index in [1.165, 1.54) is 16.7 Å². The van der Waals surface area contributed by atoms with Crippen molar-refractivity contribution in [2.45, 2.75) is 33.7 Å². The van der Waals surface area contributed by atoms with Gasteiger partial charge in [0.05, 0.1) is 18.0 Å². The highest BCUT2D eigenvalue weighted by Gasteiger charge is 2.27. The Balaban J connectivity index is 3.20. The molecule has 0 aliphatic rings. The molecule has 0 saturated heterocycles. The van der Waals surface area contributed by atoms with Gasteiger partial charge in [0.1, 0.15) is 0 Å². The Bertz CT molecular complexity index is 441. The van der Waals surface area contributed by atoms with Gasteiger partial charge in [-0.05, 0) is 50.6 Å². The topological polar surface area (TPSA) is 27.0 Å². The fraction of sp³-hybridized carbons (Fsp3) is 0.562. The Labute approximate surface area is 111 Å². The van der Waals surface area contributed by atoms with Crippen LogP contribution in [0.5, 0.6) is 0 Å². The first-order valence-electron chi connectivity index (χ1n) is 6.51. The first-order chi connectivity index (χ1) is 8.38. The molecular weight excluding hydrogens is 220 g/mol. The summed E-state index contributed by atoms with van der Waals surface area (Å²) in [4.78, 5) is 2.15. The number of nitrogens with zero attached hydrogens (tertiary/aromatic N) is 2. The van der Waals surface area contributed by atoms with Crippen molar-refractivity contribution in [2.75, 3.05) is 14.1 Å². The van der Waals surface area contributed by atoms with Gasteiger partial charge in [-0.3, -0.25) is 0 Å². The van der Waals surface area contributed by atoms with Gasteiger partial charge < -0.3 is 4.90 Å². The third-order valence-corrected chi connectivity index (χ3v) is 3.64. The van der Waals surface area contributed by atoms with Gasteiger partial charge in [-0.15, -0.1) is 0 Å². The summed E-state index contributed by atoms with van der Waals surface area (Å²) in [6.45, 7) is 8.48. The van der Waals surface area contributed by atoms with E-state index in [0.717, 1.165) is 0 Å².